The second kappa shape index (κ2) is 3.50. The largest absolute Gasteiger partial charge is 0.341 e. The van der Waals surface area contributed by atoms with Gasteiger partial charge in [0.15, 0.2) is 11.6 Å². The molecule has 0 spiro atoms. The third-order valence-electron chi connectivity index (χ3n) is 3.49. The van der Waals surface area contributed by atoms with Gasteiger partial charge in [-0.2, -0.15) is 0 Å². The van der Waals surface area contributed by atoms with Gasteiger partial charge >= 0.3 is 0 Å². The monoisotopic (exact) mass is 237 g/mol. The summed E-state index contributed by atoms with van der Waals surface area (Å²) >= 11 is 0. The van der Waals surface area contributed by atoms with Gasteiger partial charge in [0, 0.05) is 12.0 Å². The van der Waals surface area contributed by atoms with E-state index in [0.29, 0.717) is 5.52 Å². The number of aromatic nitrogens is 2. The first-order valence-corrected chi connectivity index (χ1v) is 5.65. The van der Waals surface area contributed by atoms with Gasteiger partial charge in [-0.25, -0.2) is 13.8 Å². The van der Waals surface area contributed by atoms with Gasteiger partial charge in [-0.1, -0.05) is 6.92 Å². The van der Waals surface area contributed by atoms with E-state index in [1.807, 2.05) is 0 Å². The van der Waals surface area contributed by atoms with Crippen LogP contribution in [0.4, 0.5) is 8.78 Å². The highest BCUT2D eigenvalue weighted by atomic mass is 19.2. The summed E-state index contributed by atoms with van der Waals surface area (Å²) in [5, 5.41) is 3.25. The number of halogens is 2. The molecule has 0 saturated carbocycles. The van der Waals surface area contributed by atoms with Gasteiger partial charge in [0.25, 0.3) is 0 Å². The van der Waals surface area contributed by atoms with Crippen LogP contribution in [-0.4, -0.2) is 23.1 Å². The molecule has 0 radical (unpaired) electrons. The average Bonchev–Trinajstić information content (AvgIpc) is 2.91. The Hall–Kier alpha value is -1.49. The fourth-order valence-corrected chi connectivity index (χ4v) is 2.32. The van der Waals surface area contributed by atoms with Crippen molar-refractivity contribution in [3.63, 3.8) is 0 Å². The molecule has 1 aromatic heterocycles. The van der Waals surface area contributed by atoms with Crippen LogP contribution in [0.15, 0.2) is 12.1 Å². The van der Waals surface area contributed by atoms with Crippen LogP contribution in [0.5, 0.6) is 0 Å². The molecule has 1 aliphatic heterocycles. The van der Waals surface area contributed by atoms with E-state index in [4.69, 9.17) is 0 Å². The van der Waals surface area contributed by atoms with Gasteiger partial charge in [0.2, 0.25) is 0 Å². The first-order chi connectivity index (χ1) is 8.10. The molecular formula is C12H13F2N3. The van der Waals surface area contributed by atoms with Gasteiger partial charge in [0.05, 0.1) is 5.52 Å². The molecule has 0 aliphatic carbocycles. The maximum atomic E-state index is 13.6. The summed E-state index contributed by atoms with van der Waals surface area (Å²) < 4.78 is 26.6. The molecule has 2 aromatic rings. The zero-order valence-electron chi connectivity index (χ0n) is 9.48. The van der Waals surface area contributed by atoms with Gasteiger partial charge in [-0.3, -0.25) is 0 Å². The zero-order valence-corrected chi connectivity index (χ0v) is 9.48. The number of nitrogens with zero attached hydrogens (tertiary/aromatic N) is 1. The Kier molecular flexibility index (Phi) is 2.19. The van der Waals surface area contributed by atoms with Crippen LogP contribution < -0.4 is 5.32 Å². The minimum Gasteiger partial charge on any atom is -0.341 e. The molecule has 0 bridgehead atoms. The number of benzene rings is 1. The van der Waals surface area contributed by atoms with Crippen LogP contribution in [0.3, 0.4) is 0 Å². The smallest absolute Gasteiger partial charge is 0.186 e. The van der Waals surface area contributed by atoms with Crippen molar-refractivity contribution < 1.29 is 8.78 Å². The standard InChI is InChI=1S/C12H13F2N3/c1-12(4-5-15-6-12)11-16-8-3-2-7(13)9(14)10(8)17-11/h2-3,15H,4-6H2,1H3,(H,16,17). The van der Waals surface area contributed by atoms with Crippen molar-refractivity contribution in [2.75, 3.05) is 13.1 Å². The van der Waals surface area contributed by atoms with Crippen LogP contribution >= 0.6 is 0 Å². The molecule has 1 aromatic carbocycles. The number of aromatic amines is 1. The predicted molar refractivity (Wildman–Crippen MR) is 60.8 cm³/mol. The van der Waals surface area contributed by atoms with E-state index in [0.717, 1.165) is 31.4 Å². The lowest BCUT2D eigenvalue weighted by Gasteiger charge is -2.18. The third-order valence-corrected chi connectivity index (χ3v) is 3.49. The Balaban J connectivity index is 2.17. The number of fused-ring (bicyclic) bond motifs is 1. The molecule has 0 amide bonds. The van der Waals surface area contributed by atoms with E-state index in [1.54, 1.807) is 0 Å². The number of imidazole rings is 1. The third kappa shape index (κ3) is 1.53. The number of H-pyrrole nitrogens is 1. The van der Waals surface area contributed by atoms with Crippen LogP contribution in [0.25, 0.3) is 11.0 Å². The molecule has 1 atom stereocenters. The first-order valence-electron chi connectivity index (χ1n) is 5.65. The summed E-state index contributed by atoms with van der Waals surface area (Å²) in [6.07, 6.45) is 0.941. The van der Waals surface area contributed by atoms with Crippen molar-refractivity contribution >= 4 is 11.0 Å². The summed E-state index contributed by atoms with van der Waals surface area (Å²) in [4.78, 5) is 7.30. The highest BCUT2D eigenvalue weighted by Gasteiger charge is 2.33. The number of rotatable bonds is 1. The van der Waals surface area contributed by atoms with Crippen LogP contribution in [0.1, 0.15) is 19.2 Å². The molecule has 1 aliphatic rings. The topological polar surface area (TPSA) is 40.7 Å². The number of hydrogen-bond acceptors (Lipinski definition) is 2. The minimum absolute atomic E-state index is 0.0909. The fraction of sp³-hybridized carbons (Fsp3) is 0.417. The second-order valence-electron chi connectivity index (χ2n) is 4.83. The Morgan fingerprint density at radius 1 is 1.35 bits per heavy atom. The summed E-state index contributed by atoms with van der Waals surface area (Å²) in [7, 11) is 0. The Labute approximate surface area is 97.2 Å². The second-order valence-corrected chi connectivity index (χ2v) is 4.83. The lowest BCUT2D eigenvalue weighted by Crippen LogP contribution is -2.26. The van der Waals surface area contributed by atoms with Gasteiger partial charge < -0.3 is 10.3 Å². The van der Waals surface area contributed by atoms with E-state index in [1.165, 1.54) is 6.07 Å². The lowest BCUT2D eigenvalue weighted by molar-refractivity contribution is 0.494. The van der Waals surface area contributed by atoms with Crippen molar-refractivity contribution in [2.24, 2.45) is 0 Å². The maximum absolute atomic E-state index is 13.6. The molecule has 3 nitrogen and oxygen atoms in total. The maximum Gasteiger partial charge on any atom is 0.186 e. The van der Waals surface area contributed by atoms with E-state index in [2.05, 4.69) is 22.2 Å². The molecule has 17 heavy (non-hydrogen) atoms. The quantitative estimate of drug-likeness (QED) is 0.797. The predicted octanol–water partition coefficient (Wildman–Crippen LogP) is 2.09. The van der Waals surface area contributed by atoms with Crippen molar-refractivity contribution in [3.05, 3.63) is 29.6 Å². The first kappa shape index (κ1) is 10.7. The summed E-state index contributed by atoms with van der Waals surface area (Å²) in [6, 6.07) is 2.64. The van der Waals surface area contributed by atoms with Gasteiger partial charge in [0.1, 0.15) is 11.3 Å². The molecular weight excluding hydrogens is 224 g/mol. The van der Waals surface area contributed by atoms with Crippen molar-refractivity contribution in [3.8, 4) is 0 Å². The van der Waals surface area contributed by atoms with Gasteiger partial charge in [-0.05, 0) is 25.1 Å². The molecule has 2 heterocycles. The Morgan fingerprint density at radius 2 is 2.18 bits per heavy atom. The number of nitrogens with one attached hydrogen (secondary N) is 2. The molecule has 3 rings (SSSR count). The van der Waals surface area contributed by atoms with E-state index >= 15 is 0 Å². The molecule has 2 N–H and O–H groups in total. The molecule has 1 unspecified atom stereocenters. The summed E-state index contributed by atoms with van der Waals surface area (Å²) in [6.45, 7) is 3.79. The van der Waals surface area contributed by atoms with E-state index in [-0.39, 0.29) is 10.9 Å². The average molecular weight is 237 g/mol. The molecule has 90 valence electrons. The molecule has 1 fully saturated rings. The Bertz CT molecular complexity index is 570. The van der Waals surface area contributed by atoms with Crippen LogP contribution in [0.2, 0.25) is 0 Å². The van der Waals surface area contributed by atoms with Crippen molar-refractivity contribution in [2.45, 2.75) is 18.8 Å². The highest BCUT2D eigenvalue weighted by molar-refractivity contribution is 5.76. The van der Waals surface area contributed by atoms with Crippen molar-refractivity contribution in [1.82, 2.24) is 15.3 Å². The SMILES string of the molecule is CC1(c2nc3c(F)c(F)ccc3[nH]2)CCNC1. The summed E-state index contributed by atoms with van der Waals surface area (Å²) in [5.74, 6) is -1.01. The highest BCUT2D eigenvalue weighted by Crippen LogP contribution is 2.30. The molecule has 5 heteroatoms. The Morgan fingerprint density at radius 3 is 2.88 bits per heavy atom. The lowest BCUT2D eigenvalue weighted by atomic mass is 9.89. The van der Waals surface area contributed by atoms with E-state index in [9.17, 15) is 8.78 Å². The minimum atomic E-state index is -0.875. The summed E-state index contributed by atoms with van der Waals surface area (Å²) in [5.41, 5.74) is 0.516. The normalized spacial score (nSPS) is 24.6. The fourth-order valence-electron chi connectivity index (χ4n) is 2.32. The zero-order chi connectivity index (χ0) is 12.0. The van der Waals surface area contributed by atoms with Gasteiger partial charge in [-0.15, -0.1) is 0 Å². The van der Waals surface area contributed by atoms with Crippen molar-refractivity contribution in [1.29, 1.82) is 0 Å². The van der Waals surface area contributed by atoms with Crippen LogP contribution in [0, 0.1) is 11.6 Å². The molecule has 1 saturated heterocycles. The van der Waals surface area contributed by atoms with E-state index < -0.39 is 11.6 Å². The van der Waals surface area contributed by atoms with Crippen LogP contribution in [-0.2, 0) is 5.41 Å². The number of hydrogen-bond donors (Lipinski definition) is 2.